The van der Waals surface area contributed by atoms with Gasteiger partial charge >= 0.3 is 0 Å². The number of nitrogens with one attached hydrogen (secondary N) is 2. The maximum absolute atomic E-state index is 4.63. The summed E-state index contributed by atoms with van der Waals surface area (Å²) in [5, 5.41) is 8.81. The van der Waals surface area contributed by atoms with Gasteiger partial charge in [-0.3, -0.25) is 0 Å². The van der Waals surface area contributed by atoms with Crippen molar-refractivity contribution in [1.29, 1.82) is 0 Å². The summed E-state index contributed by atoms with van der Waals surface area (Å²) < 4.78 is 0. The molecule has 2 rings (SSSR count). The number of rotatable bonds is 5. The Labute approximate surface area is 147 Å². The summed E-state index contributed by atoms with van der Waals surface area (Å²) in [4.78, 5) is 5.90. The Morgan fingerprint density at radius 2 is 1.95 bits per heavy atom. The van der Waals surface area contributed by atoms with Gasteiger partial charge in [-0.05, 0) is 30.9 Å². The molecule has 114 valence electrons. The molecule has 1 heterocycles. The van der Waals surface area contributed by atoms with Crippen LogP contribution in [0.5, 0.6) is 0 Å². The highest BCUT2D eigenvalue weighted by molar-refractivity contribution is 14.0. The van der Waals surface area contributed by atoms with E-state index in [-0.39, 0.29) is 30.0 Å². The lowest BCUT2D eigenvalue weighted by molar-refractivity contribution is 0.687. The van der Waals surface area contributed by atoms with E-state index in [2.05, 4.69) is 71.3 Å². The van der Waals surface area contributed by atoms with E-state index in [4.69, 9.17) is 0 Å². The Bertz CT molecular complexity index is 526. The van der Waals surface area contributed by atoms with E-state index in [1.807, 2.05) is 6.07 Å². The van der Waals surface area contributed by atoms with Crippen molar-refractivity contribution in [1.82, 2.24) is 10.6 Å². The first-order valence-electron chi connectivity index (χ1n) is 6.91. The monoisotopic (exact) mass is 415 g/mol. The Morgan fingerprint density at radius 3 is 2.57 bits per heavy atom. The lowest BCUT2D eigenvalue weighted by Crippen LogP contribution is -2.38. The number of nitrogens with zero attached hydrogens (tertiary/aromatic N) is 1. The van der Waals surface area contributed by atoms with E-state index in [1.165, 1.54) is 10.4 Å². The molecule has 3 nitrogen and oxygen atoms in total. The van der Waals surface area contributed by atoms with Crippen LogP contribution in [0.1, 0.15) is 30.3 Å². The molecular weight excluding hydrogens is 393 g/mol. The molecular formula is C16H22IN3S. The quantitative estimate of drug-likeness (QED) is 0.437. The van der Waals surface area contributed by atoms with E-state index in [0.717, 1.165) is 12.5 Å². The zero-order valence-electron chi connectivity index (χ0n) is 12.4. The summed E-state index contributed by atoms with van der Waals surface area (Å²) in [6.45, 7) is 5.80. The first kappa shape index (κ1) is 18.0. The smallest absolute Gasteiger partial charge is 0.192 e. The summed E-state index contributed by atoms with van der Waals surface area (Å²) in [5.41, 5.74) is 1.26. The van der Waals surface area contributed by atoms with Gasteiger partial charge in [0.15, 0.2) is 5.96 Å². The third kappa shape index (κ3) is 6.05. The fraction of sp³-hybridized carbons (Fsp3) is 0.312. The molecule has 0 aliphatic heterocycles. The topological polar surface area (TPSA) is 36.4 Å². The predicted molar refractivity (Wildman–Crippen MR) is 103 cm³/mol. The normalized spacial score (nSPS) is 12.4. The highest BCUT2D eigenvalue weighted by Gasteiger charge is 2.06. The average Bonchev–Trinajstić information content (AvgIpc) is 2.99. The molecule has 21 heavy (non-hydrogen) atoms. The maximum Gasteiger partial charge on any atom is 0.192 e. The minimum Gasteiger partial charge on any atom is -0.357 e. The van der Waals surface area contributed by atoms with Gasteiger partial charge in [0.1, 0.15) is 0 Å². The van der Waals surface area contributed by atoms with Gasteiger partial charge in [0.05, 0.1) is 12.6 Å². The third-order valence-electron chi connectivity index (χ3n) is 2.97. The van der Waals surface area contributed by atoms with Crippen molar-refractivity contribution in [2.45, 2.75) is 26.4 Å². The number of guanidine groups is 1. The summed E-state index contributed by atoms with van der Waals surface area (Å²) in [6.07, 6.45) is 0. The lowest BCUT2D eigenvalue weighted by Gasteiger charge is -2.18. The highest BCUT2D eigenvalue weighted by Crippen LogP contribution is 2.12. The highest BCUT2D eigenvalue weighted by atomic mass is 127. The average molecular weight is 415 g/mol. The van der Waals surface area contributed by atoms with E-state index in [0.29, 0.717) is 6.54 Å². The molecule has 0 fully saturated rings. The van der Waals surface area contributed by atoms with Gasteiger partial charge in [-0.1, -0.05) is 36.4 Å². The number of halogens is 1. The van der Waals surface area contributed by atoms with Crippen LogP contribution < -0.4 is 10.6 Å². The molecule has 0 aliphatic rings. The van der Waals surface area contributed by atoms with Crippen LogP contribution >= 0.6 is 35.3 Å². The first-order valence-corrected chi connectivity index (χ1v) is 7.79. The number of hydrogen-bond acceptors (Lipinski definition) is 2. The molecule has 5 heteroatoms. The summed E-state index contributed by atoms with van der Waals surface area (Å²) in [7, 11) is 0. The fourth-order valence-electron chi connectivity index (χ4n) is 1.91. The van der Waals surface area contributed by atoms with Gasteiger partial charge in [0, 0.05) is 11.4 Å². The zero-order chi connectivity index (χ0) is 14.2. The molecule has 2 N–H and O–H groups in total. The lowest BCUT2D eigenvalue weighted by atomic mass is 10.1. The Balaban J connectivity index is 0.00000220. The largest absolute Gasteiger partial charge is 0.357 e. The van der Waals surface area contributed by atoms with Gasteiger partial charge < -0.3 is 10.6 Å². The standard InChI is InChI=1S/C16H21N3S.HI/c1-3-17-16(18-12-15-10-7-11-20-15)19-13(2)14-8-5-4-6-9-14;/h4-11,13H,3,12H2,1-2H3,(H2,17,18,19);1H. The van der Waals surface area contributed by atoms with Gasteiger partial charge in [-0.15, -0.1) is 35.3 Å². The first-order chi connectivity index (χ1) is 9.79. The molecule has 0 bridgehead atoms. The summed E-state index contributed by atoms with van der Waals surface area (Å²) >= 11 is 1.74. The Morgan fingerprint density at radius 1 is 1.19 bits per heavy atom. The predicted octanol–water partition coefficient (Wildman–Crippen LogP) is 4.18. The number of benzene rings is 1. The molecule has 1 unspecified atom stereocenters. The van der Waals surface area contributed by atoms with E-state index >= 15 is 0 Å². The second kappa shape index (κ2) is 9.78. The van der Waals surface area contributed by atoms with Gasteiger partial charge in [0.25, 0.3) is 0 Å². The van der Waals surface area contributed by atoms with Crippen LogP contribution in [0.15, 0.2) is 52.8 Å². The van der Waals surface area contributed by atoms with Gasteiger partial charge in [-0.25, -0.2) is 4.99 Å². The molecule has 0 spiro atoms. The van der Waals surface area contributed by atoms with Gasteiger partial charge in [0.2, 0.25) is 0 Å². The SMILES string of the molecule is CCNC(=NCc1cccs1)NC(C)c1ccccc1.I. The van der Waals surface area contributed by atoms with Crippen molar-refractivity contribution < 1.29 is 0 Å². The number of hydrogen-bond donors (Lipinski definition) is 2. The minimum atomic E-state index is 0. The Hall–Kier alpha value is -1.08. The summed E-state index contributed by atoms with van der Waals surface area (Å²) in [5.74, 6) is 0.859. The van der Waals surface area contributed by atoms with E-state index < -0.39 is 0 Å². The van der Waals surface area contributed by atoms with Crippen molar-refractivity contribution in [3.05, 3.63) is 58.3 Å². The summed E-state index contributed by atoms with van der Waals surface area (Å²) in [6, 6.07) is 14.8. The minimum absolute atomic E-state index is 0. The zero-order valence-corrected chi connectivity index (χ0v) is 15.5. The third-order valence-corrected chi connectivity index (χ3v) is 3.83. The fourth-order valence-corrected chi connectivity index (χ4v) is 2.54. The van der Waals surface area contributed by atoms with Crippen molar-refractivity contribution in [3.63, 3.8) is 0 Å². The molecule has 1 atom stereocenters. The molecule has 1 aromatic heterocycles. The van der Waals surface area contributed by atoms with Crippen LogP contribution in [0.25, 0.3) is 0 Å². The number of thiophene rings is 1. The molecule has 0 saturated heterocycles. The van der Waals surface area contributed by atoms with Crippen molar-refractivity contribution in [2.75, 3.05) is 6.54 Å². The molecule has 0 aliphatic carbocycles. The van der Waals surface area contributed by atoms with Crippen LogP contribution in [0.4, 0.5) is 0 Å². The second-order valence-corrected chi connectivity index (χ2v) is 5.58. The van der Waals surface area contributed by atoms with E-state index in [1.54, 1.807) is 11.3 Å². The van der Waals surface area contributed by atoms with E-state index in [9.17, 15) is 0 Å². The van der Waals surface area contributed by atoms with Crippen LogP contribution in [0, 0.1) is 0 Å². The Kier molecular flexibility index (Phi) is 8.37. The number of aliphatic imine (C=N–C) groups is 1. The molecule has 0 amide bonds. The van der Waals surface area contributed by atoms with Gasteiger partial charge in [-0.2, -0.15) is 0 Å². The van der Waals surface area contributed by atoms with Crippen LogP contribution in [-0.2, 0) is 6.54 Å². The molecule has 0 saturated carbocycles. The molecule has 1 aromatic carbocycles. The molecule has 2 aromatic rings. The van der Waals surface area contributed by atoms with Crippen LogP contribution in [0.2, 0.25) is 0 Å². The van der Waals surface area contributed by atoms with Crippen molar-refractivity contribution in [3.8, 4) is 0 Å². The second-order valence-electron chi connectivity index (χ2n) is 4.55. The van der Waals surface area contributed by atoms with Crippen molar-refractivity contribution >= 4 is 41.3 Å². The maximum atomic E-state index is 4.63. The molecule has 0 radical (unpaired) electrons. The van der Waals surface area contributed by atoms with Crippen molar-refractivity contribution in [2.24, 2.45) is 4.99 Å². The van der Waals surface area contributed by atoms with Crippen LogP contribution in [0.3, 0.4) is 0 Å². The van der Waals surface area contributed by atoms with Crippen LogP contribution in [-0.4, -0.2) is 12.5 Å².